The first-order valence-electron chi connectivity index (χ1n) is 11.1. The van der Waals surface area contributed by atoms with Crippen molar-refractivity contribution >= 4 is 8.32 Å². The van der Waals surface area contributed by atoms with Crippen LogP contribution in [0.15, 0.2) is 104 Å². The molecule has 168 valence electrons. The Morgan fingerprint density at radius 3 is 1.59 bits per heavy atom. The summed E-state index contributed by atoms with van der Waals surface area (Å²) < 4.78 is 12.9. The van der Waals surface area contributed by atoms with Gasteiger partial charge in [-0.15, -0.1) is 6.58 Å². The smallest absolute Gasteiger partial charge is 0.216 e. The van der Waals surface area contributed by atoms with Crippen LogP contribution < -0.4 is 0 Å². The van der Waals surface area contributed by atoms with Gasteiger partial charge in [-0.2, -0.15) is 0 Å². The molecule has 1 N–H and O–H groups in total. The monoisotopic (exact) mass is 446 g/mol. The zero-order valence-electron chi connectivity index (χ0n) is 19.3. The van der Waals surface area contributed by atoms with Crippen molar-refractivity contribution in [1.82, 2.24) is 0 Å². The highest BCUT2D eigenvalue weighted by molar-refractivity contribution is 6.73. The van der Waals surface area contributed by atoms with Gasteiger partial charge in [-0.05, 0) is 36.2 Å². The van der Waals surface area contributed by atoms with E-state index in [-0.39, 0.29) is 12.3 Å². The fraction of sp³-hybridized carbons (Fsp3) is 0.286. The quantitative estimate of drug-likeness (QED) is 0.232. The highest BCUT2D eigenvalue weighted by Gasteiger charge is 2.53. The van der Waals surface area contributed by atoms with Gasteiger partial charge < -0.3 is 14.3 Å². The summed E-state index contributed by atoms with van der Waals surface area (Å²) in [6.07, 6.45) is 1.65. The third-order valence-electron chi connectivity index (χ3n) is 6.03. The van der Waals surface area contributed by atoms with Gasteiger partial charge in [0.25, 0.3) is 0 Å². The van der Waals surface area contributed by atoms with Crippen molar-refractivity contribution in [2.75, 3.05) is 13.7 Å². The summed E-state index contributed by atoms with van der Waals surface area (Å²) in [5.41, 5.74) is 2.63. The molecular formula is C28H34O3Si. The Bertz CT molecular complexity index is 861. The number of methoxy groups -OCH3 is 1. The number of benzene rings is 3. The fourth-order valence-electron chi connectivity index (χ4n) is 4.69. The first kappa shape index (κ1) is 24.1. The molecule has 0 fully saturated rings. The van der Waals surface area contributed by atoms with E-state index in [9.17, 15) is 5.11 Å². The first-order valence-corrected chi connectivity index (χ1v) is 14.1. The maximum absolute atomic E-state index is 10.3. The van der Waals surface area contributed by atoms with E-state index >= 15 is 0 Å². The number of ether oxygens (including phenoxy) is 1. The molecule has 0 aliphatic rings. The standard InChI is InChI=1S/C28H34O3Si/c1-5-15-26(29)22-31-32(3,4)27(30-2)28(23-16-9-6-10-17-23,24-18-11-7-12-19-24)25-20-13-8-14-21-25/h5-14,16-21,26-27,29H,1,15,22H2,2-4H3/t26-,27+/m0/s1. The van der Waals surface area contributed by atoms with Gasteiger partial charge in [-0.3, -0.25) is 0 Å². The lowest BCUT2D eigenvalue weighted by Crippen LogP contribution is -2.59. The van der Waals surface area contributed by atoms with Gasteiger partial charge in [0.1, 0.15) is 0 Å². The number of hydrogen-bond acceptors (Lipinski definition) is 3. The summed E-state index contributed by atoms with van der Waals surface area (Å²) in [4.78, 5) is 0. The average Bonchev–Trinajstić information content (AvgIpc) is 2.83. The van der Waals surface area contributed by atoms with Crippen LogP contribution >= 0.6 is 0 Å². The molecule has 32 heavy (non-hydrogen) atoms. The zero-order valence-corrected chi connectivity index (χ0v) is 20.3. The summed E-state index contributed by atoms with van der Waals surface area (Å²) in [5, 5.41) is 10.3. The van der Waals surface area contributed by atoms with Gasteiger partial charge in [-0.1, -0.05) is 97.1 Å². The Kier molecular flexibility index (Phi) is 8.21. The summed E-state index contributed by atoms with van der Waals surface area (Å²) in [6, 6.07) is 31.6. The Morgan fingerprint density at radius 2 is 1.25 bits per heavy atom. The van der Waals surface area contributed by atoms with E-state index < -0.39 is 19.8 Å². The van der Waals surface area contributed by atoms with Crippen molar-refractivity contribution in [3.05, 3.63) is 120 Å². The van der Waals surface area contributed by atoms with E-state index in [1.807, 2.05) is 18.2 Å². The molecule has 4 heteroatoms. The van der Waals surface area contributed by atoms with E-state index in [4.69, 9.17) is 9.16 Å². The minimum atomic E-state index is -2.52. The van der Waals surface area contributed by atoms with Crippen LogP contribution in [-0.2, 0) is 14.6 Å². The van der Waals surface area contributed by atoms with Crippen LogP contribution in [0.3, 0.4) is 0 Å². The Labute approximate surface area is 193 Å². The Morgan fingerprint density at radius 1 is 0.844 bits per heavy atom. The highest BCUT2D eigenvalue weighted by atomic mass is 28.4. The fourth-order valence-corrected chi connectivity index (χ4v) is 7.57. The van der Waals surface area contributed by atoms with Gasteiger partial charge in [-0.25, -0.2) is 0 Å². The van der Waals surface area contributed by atoms with Gasteiger partial charge in [0.15, 0.2) is 0 Å². The first-order chi connectivity index (χ1) is 15.5. The zero-order chi connectivity index (χ0) is 23.0. The molecule has 2 atom stereocenters. The summed E-state index contributed by atoms with van der Waals surface area (Å²) >= 11 is 0. The predicted octanol–water partition coefficient (Wildman–Crippen LogP) is 5.73. The van der Waals surface area contributed by atoms with Gasteiger partial charge in [0, 0.05) is 7.11 Å². The molecule has 3 aromatic rings. The molecule has 0 saturated heterocycles. The Balaban J connectivity index is 2.24. The summed E-state index contributed by atoms with van der Waals surface area (Å²) in [6.45, 7) is 8.33. The SMILES string of the molecule is C=CC[C@H](O)CO[Si](C)(C)[C@@H](OC)C(c1ccccc1)(c1ccccc1)c1ccccc1. The van der Waals surface area contributed by atoms with Crippen LogP contribution in [0.4, 0.5) is 0 Å². The maximum atomic E-state index is 10.3. The lowest BCUT2D eigenvalue weighted by molar-refractivity contribution is 0.0680. The number of hydrogen-bond donors (Lipinski definition) is 1. The molecule has 0 bridgehead atoms. The molecule has 0 radical (unpaired) electrons. The maximum Gasteiger partial charge on any atom is 0.216 e. The van der Waals surface area contributed by atoms with Crippen molar-refractivity contribution in [2.45, 2.75) is 36.8 Å². The normalized spacial score (nSPS) is 14.0. The van der Waals surface area contributed by atoms with E-state index in [2.05, 4.69) is 92.5 Å². The number of aliphatic hydroxyl groups is 1. The number of aliphatic hydroxyl groups excluding tert-OH is 1. The molecule has 3 nitrogen and oxygen atoms in total. The molecule has 0 aliphatic heterocycles. The van der Waals surface area contributed by atoms with Crippen LogP contribution in [-0.4, -0.2) is 39.0 Å². The minimum absolute atomic E-state index is 0.252. The predicted molar refractivity (Wildman–Crippen MR) is 134 cm³/mol. The van der Waals surface area contributed by atoms with Crippen LogP contribution in [0.5, 0.6) is 0 Å². The second kappa shape index (κ2) is 10.9. The van der Waals surface area contributed by atoms with E-state index in [1.54, 1.807) is 13.2 Å². The molecule has 3 rings (SSSR count). The summed E-state index contributed by atoms with van der Waals surface area (Å²) in [5.74, 6) is 0. The topological polar surface area (TPSA) is 38.7 Å². The average molecular weight is 447 g/mol. The molecule has 3 aromatic carbocycles. The van der Waals surface area contributed by atoms with Gasteiger partial charge >= 0.3 is 0 Å². The lowest BCUT2D eigenvalue weighted by Gasteiger charge is -2.47. The van der Waals surface area contributed by atoms with Crippen LogP contribution in [0.2, 0.25) is 13.1 Å². The van der Waals surface area contributed by atoms with E-state index in [1.165, 1.54) is 0 Å². The third kappa shape index (κ3) is 4.94. The van der Waals surface area contributed by atoms with Crippen molar-refractivity contribution in [3.8, 4) is 0 Å². The molecular weight excluding hydrogens is 412 g/mol. The lowest BCUT2D eigenvalue weighted by atomic mass is 9.69. The van der Waals surface area contributed by atoms with Crippen LogP contribution in [0, 0.1) is 0 Å². The minimum Gasteiger partial charge on any atom is -0.412 e. The second-order valence-corrected chi connectivity index (χ2v) is 12.6. The molecule has 0 spiro atoms. The largest absolute Gasteiger partial charge is 0.412 e. The molecule has 0 saturated carbocycles. The molecule has 0 aliphatic carbocycles. The molecule has 0 heterocycles. The Hall–Kier alpha value is -2.50. The van der Waals surface area contributed by atoms with Crippen molar-refractivity contribution in [3.63, 3.8) is 0 Å². The molecule has 0 amide bonds. The third-order valence-corrected chi connectivity index (χ3v) is 8.88. The summed E-state index contributed by atoms with van der Waals surface area (Å²) in [7, 11) is -0.754. The highest BCUT2D eigenvalue weighted by Crippen LogP contribution is 2.46. The van der Waals surface area contributed by atoms with Crippen molar-refractivity contribution < 1.29 is 14.3 Å². The second-order valence-electron chi connectivity index (χ2n) is 8.61. The molecule has 0 unspecified atom stereocenters. The van der Waals surface area contributed by atoms with Crippen molar-refractivity contribution in [2.24, 2.45) is 0 Å². The molecule has 0 aromatic heterocycles. The van der Waals surface area contributed by atoms with Gasteiger partial charge in [0.2, 0.25) is 8.32 Å². The van der Waals surface area contributed by atoms with E-state index in [0.717, 1.165) is 16.7 Å². The van der Waals surface area contributed by atoms with Gasteiger partial charge in [0.05, 0.1) is 23.9 Å². The van der Waals surface area contributed by atoms with Crippen LogP contribution in [0.1, 0.15) is 23.1 Å². The van der Waals surface area contributed by atoms with Crippen molar-refractivity contribution in [1.29, 1.82) is 0 Å². The van der Waals surface area contributed by atoms with E-state index in [0.29, 0.717) is 6.42 Å². The number of rotatable bonds is 11. The van der Waals surface area contributed by atoms with Crippen LogP contribution in [0.25, 0.3) is 0 Å².